The molecule has 1 aromatic carbocycles. The molecule has 3 heteroatoms. The van der Waals surface area contributed by atoms with Crippen LogP contribution in [-0.4, -0.2) is 39.2 Å². The van der Waals surface area contributed by atoms with Crippen molar-refractivity contribution in [3.8, 4) is 5.75 Å². The van der Waals surface area contributed by atoms with Gasteiger partial charge in [-0.1, -0.05) is 19.1 Å². The van der Waals surface area contributed by atoms with Gasteiger partial charge in [-0.2, -0.15) is 0 Å². The molecule has 0 spiro atoms. The van der Waals surface area contributed by atoms with E-state index in [0.29, 0.717) is 6.04 Å². The van der Waals surface area contributed by atoms with Gasteiger partial charge in [-0.15, -0.1) is 0 Å². The van der Waals surface area contributed by atoms with Crippen LogP contribution in [0.3, 0.4) is 0 Å². The van der Waals surface area contributed by atoms with E-state index >= 15 is 0 Å². The van der Waals surface area contributed by atoms with Crippen LogP contribution < -0.4 is 10.1 Å². The van der Waals surface area contributed by atoms with Crippen LogP contribution in [0.15, 0.2) is 24.3 Å². The summed E-state index contributed by atoms with van der Waals surface area (Å²) in [5.41, 5.74) is 1.32. The lowest BCUT2D eigenvalue weighted by molar-refractivity contribution is 0.281. The standard InChI is InChI=1S/C15H26N2O/c1-5-15(16-2)13-7-9-14(10-8-13)18-12-6-11-17(3)4/h7-10,15-16H,5-6,11-12H2,1-4H3. The Morgan fingerprint density at radius 2 is 1.89 bits per heavy atom. The predicted octanol–water partition coefficient (Wildman–Crippen LogP) is 2.69. The Bertz CT molecular complexity index is 318. The van der Waals surface area contributed by atoms with Gasteiger partial charge < -0.3 is 15.0 Å². The van der Waals surface area contributed by atoms with Gasteiger partial charge in [0, 0.05) is 12.6 Å². The molecule has 1 aromatic rings. The normalized spacial score (nSPS) is 12.7. The third kappa shape index (κ3) is 5.07. The first-order valence-electron chi connectivity index (χ1n) is 6.72. The molecule has 0 saturated carbocycles. The Balaban J connectivity index is 2.40. The summed E-state index contributed by atoms with van der Waals surface area (Å²) in [6.07, 6.45) is 2.16. The highest BCUT2D eigenvalue weighted by atomic mass is 16.5. The lowest BCUT2D eigenvalue weighted by atomic mass is 10.1. The van der Waals surface area contributed by atoms with Crippen molar-refractivity contribution in [2.45, 2.75) is 25.8 Å². The molecular weight excluding hydrogens is 224 g/mol. The van der Waals surface area contributed by atoms with Gasteiger partial charge in [0.25, 0.3) is 0 Å². The van der Waals surface area contributed by atoms with Crippen molar-refractivity contribution in [1.82, 2.24) is 10.2 Å². The second kappa shape index (κ2) is 8.11. The Labute approximate surface area is 111 Å². The summed E-state index contributed by atoms with van der Waals surface area (Å²) in [4.78, 5) is 2.17. The second-order valence-electron chi connectivity index (χ2n) is 4.82. The van der Waals surface area contributed by atoms with E-state index in [0.717, 1.165) is 31.7 Å². The molecule has 0 aromatic heterocycles. The molecule has 0 aliphatic heterocycles. The summed E-state index contributed by atoms with van der Waals surface area (Å²) in [6, 6.07) is 8.85. The molecule has 102 valence electrons. The van der Waals surface area contributed by atoms with Gasteiger partial charge in [0.2, 0.25) is 0 Å². The monoisotopic (exact) mass is 250 g/mol. The summed E-state index contributed by atoms with van der Waals surface area (Å²) in [7, 11) is 6.16. The lowest BCUT2D eigenvalue weighted by Gasteiger charge is -2.15. The number of nitrogens with zero attached hydrogens (tertiary/aromatic N) is 1. The van der Waals surface area contributed by atoms with Crippen LogP contribution in [0, 0.1) is 0 Å². The molecule has 0 heterocycles. The molecule has 3 nitrogen and oxygen atoms in total. The van der Waals surface area contributed by atoms with Gasteiger partial charge >= 0.3 is 0 Å². The Hall–Kier alpha value is -1.06. The van der Waals surface area contributed by atoms with Crippen LogP contribution in [0.2, 0.25) is 0 Å². The highest BCUT2D eigenvalue weighted by molar-refractivity contribution is 5.29. The van der Waals surface area contributed by atoms with Gasteiger partial charge in [-0.05, 0) is 51.7 Å². The van der Waals surface area contributed by atoms with Crippen molar-refractivity contribution < 1.29 is 4.74 Å². The minimum atomic E-state index is 0.438. The number of rotatable bonds is 8. The zero-order valence-electron chi connectivity index (χ0n) is 12.1. The number of nitrogens with one attached hydrogen (secondary N) is 1. The first-order chi connectivity index (χ1) is 8.67. The molecule has 0 amide bonds. The van der Waals surface area contributed by atoms with Gasteiger partial charge in [-0.3, -0.25) is 0 Å². The highest BCUT2D eigenvalue weighted by Crippen LogP contribution is 2.19. The summed E-state index contributed by atoms with van der Waals surface area (Å²) < 4.78 is 5.71. The molecule has 1 rings (SSSR count). The van der Waals surface area contributed by atoms with Crippen molar-refractivity contribution in [2.75, 3.05) is 34.3 Å². The number of hydrogen-bond acceptors (Lipinski definition) is 3. The number of ether oxygens (including phenoxy) is 1. The van der Waals surface area contributed by atoms with E-state index in [9.17, 15) is 0 Å². The maximum atomic E-state index is 5.71. The zero-order valence-corrected chi connectivity index (χ0v) is 12.1. The number of benzene rings is 1. The van der Waals surface area contributed by atoms with E-state index < -0.39 is 0 Å². The molecule has 1 atom stereocenters. The molecular formula is C15H26N2O. The minimum Gasteiger partial charge on any atom is -0.494 e. The lowest BCUT2D eigenvalue weighted by Crippen LogP contribution is -2.16. The molecule has 18 heavy (non-hydrogen) atoms. The summed E-state index contributed by atoms with van der Waals surface area (Å²) in [5, 5.41) is 3.31. The molecule has 0 aliphatic rings. The van der Waals surface area contributed by atoms with E-state index in [1.807, 2.05) is 7.05 Å². The van der Waals surface area contributed by atoms with Gasteiger partial charge in [0.1, 0.15) is 5.75 Å². The molecule has 0 radical (unpaired) electrons. The average molecular weight is 250 g/mol. The fourth-order valence-electron chi connectivity index (χ4n) is 1.97. The Kier molecular flexibility index (Phi) is 6.76. The first kappa shape index (κ1) is 15.0. The van der Waals surface area contributed by atoms with Crippen molar-refractivity contribution >= 4 is 0 Å². The fraction of sp³-hybridized carbons (Fsp3) is 0.600. The van der Waals surface area contributed by atoms with Crippen molar-refractivity contribution in [3.63, 3.8) is 0 Å². The van der Waals surface area contributed by atoms with E-state index in [1.165, 1.54) is 5.56 Å². The molecule has 0 bridgehead atoms. The van der Waals surface area contributed by atoms with E-state index in [-0.39, 0.29) is 0 Å². The van der Waals surface area contributed by atoms with E-state index in [2.05, 4.69) is 55.5 Å². The summed E-state index contributed by atoms with van der Waals surface area (Å²) in [5.74, 6) is 0.962. The molecule has 1 unspecified atom stereocenters. The van der Waals surface area contributed by atoms with Crippen LogP contribution in [0.4, 0.5) is 0 Å². The molecule has 0 fully saturated rings. The van der Waals surface area contributed by atoms with E-state index in [4.69, 9.17) is 4.74 Å². The largest absolute Gasteiger partial charge is 0.494 e. The quantitative estimate of drug-likeness (QED) is 0.718. The van der Waals surface area contributed by atoms with Gasteiger partial charge in [-0.25, -0.2) is 0 Å². The molecule has 0 aliphatic carbocycles. The smallest absolute Gasteiger partial charge is 0.119 e. The number of hydrogen-bond donors (Lipinski definition) is 1. The minimum absolute atomic E-state index is 0.438. The maximum absolute atomic E-state index is 5.71. The SMILES string of the molecule is CCC(NC)c1ccc(OCCCN(C)C)cc1. The average Bonchev–Trinajstić information content (AvgIpc) is 2.37. The Morgan fingerprint density at radius 1 is 1.22 bits per heavy atom. The summed E-state index contributed by atoms with van der Waals surface area (Å²) in [6.45, 7) is 4.03. The Morgan fingerprint density at radius 3 is 2.39 bits per heavy atom. The third-order valence-corrected chi connectivity index (χ3v) is 3.06. The fourth-order valence-corrected chi connectivity index (χ4v) is 1.97. The van der Waals surface area contributed by atoms with Crippen molar-refractivity contribution in [2.24, 2.45) is 0 Å². The summed E-state index contributed by atoms with van der Waals surface area (Å²) >= 11 is 0. The van der Waals surface area contributed by atoms with Gasteiger partial charge in [0.05, 0.1) is 6.61 Å². The predicted molar refractivity (Wildman–Crippen MR) is 77.2 cm³/mol. The van der Waals surface area contributed by atoms with Crippen LogP contribution in [0.1, 0.15) is 31.4 Å². The topological polar surface area (TPSA) is 24.5 Å². The van der Waals surface area contributed by atoms with Crippen molar-refractivity contribution in [3.05, 3.63) is 29.8 Å². The molecule has 0 saturated heterocycles. The third-order valence-electron chi connectivity index (χ3n) is 3.06. The maximum Gasteiger partial charge on any atom is 0.119 e. The van der Waals surface area contributed by atoms with Crippen LogP contribution in [0.25, 0.3) is 0 Å². The highest BCUT2D eigenvalue weighted by Gasteiger charge is 2.05. The second-order valence-corrected chi connectivity index (χ2v) is 4.82. The van der Waals surface area contributed by atoms with Gasteiger partial charge in [0.15, 0.2) is 0 Å². The molecule has 1 N–H and O–H groups in total. The van der Waals surface area contributed by atoms with Crippen molar-refractivity contribution in [1.29, 1.82) is 0 Å². The van der Waals surface area contributed by atoms with Crippen LogP contribution in [0.5, 0.6) is 5.75 Å². The van der Waals surface area contributed by atoms with Crippen LogP contribution >= 0.6 is 0 Å². The van der Waals surface area contributed by atoms with Crippen LogP contribution in [-0.2, 0) is 0 Å². The van der Waals surface area contributed by atoms with E-state index in [1.54, 1.807) is 0 Å². The zero-order chi connectivity index (χ0) is 13.4. The first-order valence-corrected chi connectivity index (χ1v) is 6.72.